The van der Waals surface area contributed by atoms with Gasteiger partial charge in [0.15, 0.2) is 5.75 Å². The average Bonchev–Trinajstić information content (AvgIpc) is 2.43. The normalized spacial score (nSPS) is 11.3. The molecule has 2 rings (SSSR count). The first kappa shape index (κ1) is 19.2. The number of carbonyl (C=O) groups excluding carboxylic acids is 1. The summed E-state index contributed by atoms with van der Waals surface area (Å²) in [6.45, 7) is 0. The lowest BCUT2D eigenvalue weighted by Crippen LogP contribution is -2.20. The molecule has 24 heavy (non-hydrogen) atoms. The van der Waals surface area contributed by atoms with Crippen LogP contribution in [0.25, 0.3) is 0 Å². The fourth-order valence-electron chi connectivity index (χ4n) is 1.71. The number of hydrogen-bond donors (Lipinski definition) is 1. The second kappa shape index (κ2) is 7.39. The molecule has 1 N–H and O–H groups in total. The molecule has 0 heterocycles. The van der Waals surface area contributed by atoms with E-state index < -0.39 is 23.5 Å². The molecular formula is C14H6BrCl3F3NO2. The maximum absolute atomic E-state index is 13.0. The van der Waals surface area contributed by atoms with Crippen molar-refractivity contribution < 1.29 is 22.7 Å². The van der Waals surface area contributed by atoms with Crippen LogP contribution in [0.4, 0.5) is 23.7 Å². The lowest BCUT2D eigenvalue weighted by atomic mass is 10.1. The van der Waals surface area contributed by atoms with Crippen molar-refractivity contribution in [3.63, 3.8) is 0 Å². The first-order chi connectivity index (χ1) is 11.1. The fourth-order valence-corrected chi connectivity index (χ4v) is 3.21. The molecule has 0 fully saturated rings. The van der Waals surface area contributed by atoms with Crippen molar-refractivity contribution in [1.82, 2.24) is 0 Å². The topological polar surface area (TPSA) is 38.3 Å². The summed E-state index contributed by atoms with van der Waals surface area (Å²) in [5.74, 6) is -0.0823. The Morgan fingerprint density at radius 1 is 1.08 bits per heavy atom. The Kier molecular flexibility index (Phi) is 5.91. The van der Waals surface area contributed by atoms with Gasteiger partial charge in [-0.3, -0.25) is 5.32 Å². The van der Waals surface area contributed by atoms with Crippen LogP contribution in [0.1, 0.15) is 5.56 Å². The third-order valence-electron chi connectivity index (χ3n) is 2.68. The van der Waals surface area contributed by atoms with E-state index in [0.29, 0.717) is 6.07 Å². The van der Waals surface area contributed by atoms with Gasteiger partial charge in [0.25, 0.3) is 0 Å². The molecule has 0 atom stereocenters. The Morgan fingerprint density at radius 2 is 1.75 bits per heavy atom. The molecule has 2 aromatic rings. The molecule has 0 aromatic heterocycles. The van der Waals surface area contributed by atoms with E-state index in [1.807, 2.05) is 5.32 Å². The second-order valence-corrected chi connectivity index (χ2v) is 6.54. The van der Waals surface area contributed by atoms with E-state index in [-0.39, 0.29) is 25.3 Å². The van der Waals surface area contributed by atoms with Crippen LogP contribution in [-0.4, -0.2) is 6.09 Å². The highest BCUT2D eigenvalue weighted by atomic mass is 79.9. The third-order valence-corrected chi connectivity index (χ3v) is 4.00. The lowest BCUT2D eigenvalue weighted by molar-refractivity contribution is -0.136. The van der Waals surface area contributed by atoms with E-state index in [9.17, 15) is 18.0 Å². The molecule has 0 aliphatic rings. The van der Waals surface area contributed by atoms with Crippen molar-refractivity contribution in [3.05, 3.63) is 55.4 Å². The molecule has 0 bridgehead atoms. The Hall–Kier alpha value is -1.15. The highest BCUT2D eigenvalue weighted by Crippen LogP contribution is 2.38. The third kappa shape index (κ3) is 4.69. The summed E-state index contributed by atoms with van der Waals surface area (Å²) in [4.78, 5) is 11.9. The number of nitrogens with one attached hydrogen (secondary N) is 1. The molecular weight excluding hydrogens is 457 g/mol. The van der Waals surface area contributed by atoms with Gasteiger partial charge in [-0.25, -0.2) is 4.79 Å². The van der Waals surface area contributed by atoms with Crippen LogP contribution >= 0.6 is 50.7 Å². The molecule has 0 aliphatic carbocycles. The second-order valence-electron chi connectivity index (χ2n) is 4.40. The van der Waals surface area contributed by atoms with Gasteiger partial charge in [0.05, 0.1) is 20.7 Å². The number of amides is 1. The zero-order valence-electron chi connectivity index (χ0n) is 11.3. The van der Waals surface area contributed by atoms with E-state index in [1.54, 1.807) is 0 Å². The summed E-state index contributed by atoms with van der Waals surface area (Å²) in [6.07, 6.45) is -5.86. The highest BCUT2D eigenvalue weighted by Gasteiger charge is 2.34. The van der Waals surface area contributed by atoms with Crippen LogP contribution in [0.2, 0.25) is 15.1 Å². The predicted molar refractivity (Wildman–Crippen MR) is 90.3 cm³/mol. The number of alkyl halides is 3. The van der Waals surface area contributed by atoms with Crippen LogP contribution in [0.15, 0.2) is 34.8 Å². The van der Waals surface area contributed by atoms with Gasteiger partial charge in [0, 0.05) is 10.0 Å². The molecule has 1 amide bonds. The summed E-state index contributed by atoms with van der Waals surface area (Å²) in [7, 11) is 0. The summed E-state index contributed by atoms with van der Waals surface area (Å²) in [5, 5.41) is 2.19. The van der Waals surface area contributed by atoms with Crippen molar-refractivity contribution in [3.8, 4) is 5.75 Å². The largest absolute Gasteiger partial charge is 0.418 e. The molecule has 0 saturated heterocycles. The van der Waals surface area contributed by atoms with Crippen molar-refractivity contribution in [2.75, 3.05) is 5.32 Å². The van der Waals surface area contributed by atoms with E-state index in [2.05, 4.69) is 15.9 Å². The van der Waals surface area contributed by atoms with E-state index in [1.165, 1.54) is 18.2 Å². The number of ether oxygens (including phenoxy) is 1. The number of anilines is 1. The van der Waals surface area contributed by atoms with Crippen molar-refractivity contribution in [2.45, 2.75) is 6.18 Å². The minimum atomic E-state index is -4.70. The first-order valence-corrected chi connectivity index (χ1v) is 8.00. The molecule has 2 aromatic carbocycles. The molecule has 0 radical (unpaired) electrons. The Bertz CT molecular complexity index is 776. The van der Waals surface area contributed by atoms with Gasteiger partial charge >= 0.3 is 12.3 Å². The zero-order chi connectivity index (χ0) is 18.1. The minimum Gasteiger partial charge on any atom is -0.407 e. The van der Waals surface area contributed by atoms with E-state index in [4.69, 9.17) is 39.5 Å². The molecule has 0 aliphatic heterocycles. The fraction of sp³-hybridized carbons (Fsp3) is 0.0714. The van der Waals surface area contributed by atoms with Gasteiger partial charge in [0.1, 0.15) is 0 Å². The SMILES string of the molecule is O=C(Nc1ccc(Cl)cc1C(F)(F)F)Oc1c(Cl)cc(Cl)cc1Br. The van der Waals surface area contributed by atoms with Gasteiger partial charge in [-0.05, 0) is 46.3 Å². The molecule has 0 unspecified atom stereocenters. The van der Waals surface area contributed by atoms with Crippen molar-refractivity contribution in [2.24, 2.45) is 0 Å². The predicted octanol–water partition coefficient (Wildman–Crippen LogP) is 7.04. The number of carbonyl (C=O) groups is 1. The Labute approximate surface area is 157 Å². The molecule has 10 heteroatoms. The summed E-state index contributed by atoms with van der Waals surface area (Å²) >= 11 is 20.3. The zero-order valence-corrected chi connectivity index (χ0v) is 15.2. The maximum atomic E-state index is 13.0. The van der Waals surface area contributed by atoms with Gasteiger partial charge in [-0.2, -0.15) is 13.2 Å². The average molecular weight is 463 g/mol. The van der Waals surface area contributed by atoms with Gasteiger partial charge in [0.2, 0.25) is 0 Å². The van der Waals surface area contributed by atoms with Gasteiger partial charge in [-0.1, -0.05) is 34.8 Å². The molecule has 3 nitrogen and oxygen atoms in total. The van der Waals surface area contributed by atoms with Crippen molar-refractivity contribution >= 4 is 62.5 Å². The van der Waals surface area contributed by atoms with Gasteiger partial charge < -0.3 is 4.74 Å². The van der Waals surface area contributed by atoms with Crippen LogP contribution < -0.4 is 10.1 Å². The van der Waals surface area contributed by atoms with E-state index >= 15 is 0 Å². The molecule has 0 spiro atoms. The number of halogens is 7. The number of rotatable bonds is 2. The standard InChI is InChI=1S/C14H6BrCl3F3NO2/c15-9-4-7(17)5-10(18)12(9)24-13(23)22-11-2-1-6(16)3-8(11)14(19,20)21/h1-5H,(H,22,23). The lowest BCUT2D eigenvalue weighted by Gasteiger charge is -2.15. The monoisotopic (exact) mass is 461 g/mol. The maximum Gasteiger partial charge on any atom is 0.418 e. The minimum absolute atomic E-state index is 0.0108. The molecule has 0 saturated carbocycles. The quantitative estimate of drug-likeness (QED) is 0.519. The molecule has 128 valence electrons. The van der Waals surface area contributed by atoms with Crippen LogP contribution in [0.3, 0.4) is 0 Å². The Balaban J connectivity index is 2.26. The first-order valence-electron chi connectivity index (χ1n) is 6.08. The van der Waals surface area contributed by atoms with Crippen molar-refractivity contribution in [1.29, 1.82) is 0 Å². The summed E-state index contributed by atoms with van der Waals surface area (Å²) < 4.78 is 44.2. The van der Waals surface area contributed by atoms with Crippen LogP contribution in [-0.2, 0) is 6.18 Å². The smallest absolute Gasteiger partial charge is 0.407 e. The van der Waals surface area contributed by atoms with Crippen LogP contribution in [0, 0.1) is 0 Å². The van der Waals surface area contributed by atoms with E-state index in [0.717, 1.165) is 6.07 Å². The highest BCUT2D eigenvalue weighted by molar-refractivity contribution is 9.10. The summed E-state index contributed by atoms with van der Waals surface area (Å²) in [5.41, 5.74) is -1.61. The number of hydrogen-bond acceptors (Lipinski definition) is 2. The van der Waals surface area contributed by atoms with Gasteiger partial charge in [-0.15, -0.1) is 0 Å². The number of benzene rings is 2. The summed E-state index contributed by atoms with van der Waals surface area (Å²) in [6, 6.07) is 5.66. The van der Waals surface area contributed by atoms with Crippen LogP contribution in [0.5, 0.6) is 5.75 Å². The Morgan fingerprint density at radius 3 is 2.33 bits per heavy atom.